The molecule has 0 spiro atoms. The Labute approximate surface area is 226 Å². The Morgan fingerprint density at radius 3 is 2.65 bits per heavy atom. The first-order valence-corrected chi connectivity index (χ1v) is 15.9. The average molecular weight is 528 g/mol. The number of H-pyrrole nitrogens is 1. The molecule has 1 unspecified atom stereocenters. The molecule has 1 atom stereocenters. The number of carbonyl (C=O) groups is 1. The molecule has 1 aromatic carbocycles. The summed E-state index contributed by atoms with van der Waals surface area (Å²) in [5.74, 6) is 5.01. The third-order valence-electron chi connectivity index (χ3n) is 9.86. The van der Waals surface area contributed by atoms with E-state index >= 15 is 0 Å². The van der Waals surface area contributed by atoms with Gasteiger partial charge < -0.3 is 4.98 Å². The van der Waals surface area contributed by atoms with Crippen molar-refractivity contribution in [3.8, 4) is 0 Å². The van der Waals surface area contributed by atoms with Crippen molar-refractivity contribution in [3.05, 3.63) is 52.3 Å². The summed E-state index contributed by atoms with van der Waals surface area (Å²) in [5, 5.41) is 3.34. The fraction of sp³-hybridized carbons (Fsp3) is 0.516. The topological polar surface area (TPSA) is 58.6 Å². The van der Waals surface area contributed by atoms with Crippen molar-refractivity contribution in [1.29, 1.82) is 0 Å². The van der Waals surface area contributed by atoms with E-state index in [1.807, 2.05) is 41.8 Å². The van der Waals surface area contributed by atoms with Crippen LogP contribution < -0.4 is 0 Å². The predicted molar refractivity (Wildman–Crippen MR) is 152 cm³/mol. The lowest BCUT2D eigenvalue weighted by Gasteiger charge is -2.56. The highest BCUT2D eigenvalue weighted by Crippen LogP contribution is 2.60. The lowest BCUT2D eigenvalue weighted by Crippen LogP contribution is -2.49. The number of thioether (sulfide) groups is 1. The van der Waals surface area contributed by atoms with Crippen LogP contribution in [0.5, 0.6) is 0 Å². The van der Waals surface area contributed by atoms with E-state index in [0.717, 1.165) is 63.8 Å². The van der Waals surface area contributed by atoms with Crippen LogP contribution in [0, 0.1) is 23.7 Å². The van der Waals surface area contributed by atoms with Gasteiger partial charge in [0.1, 0.15) is 15.7 Å². The first kappa shape index (κ1) is 22.8. The van der Waals surface area contributed by atoms with Gasteiger partial charge in [0.05, 0.1) is 5.75 Å². The van der Waals surface area contributed by atoms with Gasteiger partial charge in [0, 0.05) is 38.3 Å². The lowest BCUT2D eigenvalue weighted by atomic mass is 9.49. The number of Topliss-reactive ketones (excluding diaryl/α,β-unsaturated/α-hetero) is 1. The van der Waals surface area contributed by atoms with Gasteiger partial charge in [-0.1, -0.05) is 36.9 Å². The van der Waals surface area contributed by atoms with E-state index in [1.54, 1.807) is 11.8 Å². The molecule has 5 aliphatic carbocycles. The number of ketones is 1. The normalized spacial score (nSPS) is 30.3. The fourth-order valence-electron chi connectivity index (χ4n) is 8.55. The number of hydrogen-bond donors (Lipinski definition) is 1. The number of rotatable bonds is 5. The van der Waals surface area contributed by atoms with Gasteiger partial charge in [0.15, 0.2) is 5.78 Å². The summed E-state index contributed by atoms with van der Waals surface area (Å²) in [7, 11) is 0. The van der Waals surface area contributed by atoms with Gasteiger partial charge in [-0.15, -0.1) is 11.3 Å². The van der Waals surface area contributed by atoms with Crippen LogP contribution in [0.2, 0.25) is 0 Å². The quantitative estimate of drug-likeness (QED) is 0.164. The maximum atomic E-state index is 13.4. The third-order valence-corrected chi connectivity index (χ3v) is 12.0. The number of benzene rings is 1. The molecule has 1 N–H and O–H groups in total. The molecule has 4 saturated carbocycles. The van der Waals surface area contributed by atoms with Gasteiger partial charge in [0.2, 0.25) is 0 Å². The van der Waals surface area contributed by atoms with Gasteiger partial charge in [-0.2, -0.15) is 0 Å². The Hall–Kier alpha value is -2.18. The maximum Gasteiger partial charge on any atom is 0.175 e. The van der Waals surface area contributed by atoms with E-state index < -0.39 is 0 Å². The number of hydrogen-bond acceptors (Lipinski definition) is 5. The maximum absolute atomic E-state index is 13.4. The zero-order valence-corrected chi connectivity index (χ0v) is 23.0. The highest BCUT2D eigenvalue weighted by Gasteiger charge is 2.53. The first-order valence-electron chi connectivity index (χ1n) is 14.1. The number of aromatic amines is 1. The largest absolute Gasteiger partial charge is 0.360 e. The third kappa shape index (κ3) is 3.65. The van der Waals surface area contributed by atoms with Crippen molar-refractivity contribution in [1.82, 2.24) is 15.0 Å². The van der Waals surface area contributed by atoms with Crippen molar-refractivity contribution in [2.24, 2.45) is 23.7 Å². The number of nitrogens with one attached hydrogen (secondary N) is 1. The SMILES string of the molecule is CC1CCc2c(sc3nc(C45CC6CC(CC(C6)C4)C5)nc(SCC(=O)c4c[nH]c5ccccc45)c23)C1. The van der Waals surface area contributed by atoms with E-state index in [0.29, 0.717) is 5.75 Å². The summed E-state index contributed by atoms with van der Waals surface area (Å²) in [6.45, 7) is 2.37. The number of para-hydroxylation sites is 1. The van der Waals surface area contributed by atoms with Crippen LogP contribution in [-0.4, -0.2) is 26.5 Å². The summed E-state index contributed by atoms with van der Waals surface area (Å²) in [4.78, 5) is 30.2. The number of carbonyl (C=O) groups excluding carboxylic acids is 1. The van der Waals surface area contributed by atoms with Crippen molar-refractivity contribution in [2.75, 3.05) is 5.75 Å². The van der Waals surface area contributed by atoms with Crippen molar-refractivity contribution >= 4 is 50.0 Å². The van der Waals surface area contributed by atoms with Gasteiger partial charge in [0.25, 0.3) is 0 Å². The predicted octanol–water partition coefficient (Wildman–Crippen LogP) is 7.74. The summed E-state index contributed by atoms with van der Waals surface area (Å²) in [6.07, 6.45) is 13.4. The second-order valence-corrected chi connectivity index (χ2v) is 14.6. The summed E-state index contributed by atoms with van der Waals surface area (Å²) in [6, 6.07) is 8.08. The van der Waals surface area contributed by atoms with Gasteiger partial charge in [-0.25, -0.2) is 9.97 Å². The minimum absolute atomic E-state index is 0.164. The van der Waals surface area contributed by atoms with Crippen LogP contribution in [0.15, 0.2) is 35.5 Å². The fourth-order valence-corrected chi connectivity index (χ4v) is 10.9. The molecule has 190 valence electrons. The first-order chi connectivity index (χ1) is 18.0. The van der Waals surface area contributed by atoms with Crippen molar-refractivity contribution < 1.29 is 4.79 Å². The average Bonchev–Trinajstić information content (AvgIpc) is 3.47. The van der Waals surface area contributed by atoms with Crippen molar-refractivity contribution in [2.45, 2.75) is 75.2 Å². The number of fused-ring (bicyclic) bond motifs is 4. The zero-order valence-electron chi connectivity index (χ0n) is 21.4. The Morgan fingerprint density at radius 1 is 1.11 bits per heavy atom. The molecule has 0 aliphatic heterocycles. The van der Waals surface area contributed by atoms with Crippen LogP contribution in [-0.2, 0) is 18.3 Å². The highest BCUT2D eigenvalue weighted by atomic mass is 32.2. The Kier molecular flexibility index (Phi) is 5.18. The molecular weight excluding hydrogens is 494 g/mol. The van der Waals surface area contributed by atoms with E-state index in [9.17, 15) is 4.79 Å². The van der Waals surface area contributed by atoms with Crippen LogP contribution in [0.25, 0.3) is 21.1 Å². The van der Waals surface area contributed by atoms with Crippen molar-refractivity contribution in [3.63, 3.8) is 0 Å². The molecule has 0 radical (unpaired) electrons. The monoisotopic (exact) mass is 527 g/mol. The summed E-state index contributed by atoms with van der Waals surface area (Å²) in [5.41, 5.74) is 3.44. The number of aromatic nitrogens is 3. The summed E-state index contributed by atoms with van der Waals surface area (Å²) < 4.78 is 0. The molecule has 5 aliphatic rings. The zero-order chi connectivity index (χ0) is 24.7. The minimum atomic E-state index is 0.164. The minimum Gasteiger partial charge on any atom is -0.360 e. The number of nitrogens with zero attached hydrogens (tertiary/aromatic N) is 2. The molecule has 4 nitrogen and oxygen atoms in total. The molecular formula is C31H33N3OS2. The van der Waals surface area contributed by atoms with E-state index in [1.165, 1.54) is 65.6 Å². The molecule has 6 heteroatoms. The summed E-state index contributed by atoms with van der Waals surface area (Å²) >= 11 is 3.57. The van der Waals surface area contributed by atoms with E-state index in [-0.39, 0.29) is 11.2 Å². The molecule has 0 amide bonds. The van der Waals surface area contributed by atoms with E-state index in [4.69, 9.17) is 9.97 Å². The second kappa shape index (κ2) is 8.41. The molecule has 37 heavy (non-hydrogen) atoms. The Bertz CT molecular complexity index is 1510. The van der Waals surface area contributed by atoms with E-state index in [2.05, 4.69) is 11.9 Å². The Balaban J connectivity index is 1.19. The van der Waals surface area contributed by atoms with Gasteiger partial charge in [-0.05, 0) is 93.1 Å². The molecule has 4 bridgehead atoms. The molecule has 4 aromatic rings. The van der Waals surface area contributed by atoms with Crippen LogP contribution in [0.4, 0.5) is 0 Å². The second-order valence-electron chi connectivity index (χ2n) is 12.5. The highest BCUT2D eigenvalue weighted by molar-refractivity contribution is 8.00. The van der Waals surface area contributed by atoms with Gasteiger partial charge in [-0.3, -0.25) is 4.79 Å². The smallest absolute Gasteiger partial charge is 0.175 e. The molecule has 0 saturated heterocycles. The molecule has 4 fully saturated rings. The van der Waals surface area contributed by atoms with Crippen LogP contribution >= 0.6 is 23.1 Å². The number of thiophene rings is 1. The lowest BCUT2D eigenvalue weighted by molar-refractivity contribution is -0.00946. The molecule has 9 rings (SSSR count). The van der Waals surface area contributed by atoms with Crippen LogP contribution in [0.3, 0.4) is 0 Å². The molecule has 3 aromatic heterocycles. The van der Waals surface area contributed by atoms with Gasteiger partial charge >= 0.3 is 0 Å². The molecule has 3 heterocycles. The standard InChI is InChI=1S/C31H33N3OS2/c1-17-6-7-22-26(8-17)37-29-27(22)28(36-16-25(35)23-15-32-24-5-3-2-4-21(23)24)33-30(34-29)31-12-18-9-19(13-31)11-20(10-18)14-31/h2-5,15,17-20,32H,6-14,16H2,1H3. The van der Waals surface area contributed by atoms with Crippen LogP contribution in [0.1, 0.15) is 78.5 Å². The Morgan fingerprint density at radius 2 is 1.86 bits per heavy atom. The number of aryl methyl sites for hydroxylation is 1.